The predicted molar refractivity (Wildman–Crippen MR) is 317 cm³/mol. The van der Waals surface area contributed by atoms with Gasteiger partial charge in [-0.2, -0.15) is 20.7 Å². The molecule has 4 amide bonds. The van der Waals surface area contributed by atoms with E-state index in [1.54, 1.807) is 59.9 Å². The van der Waals surface area contributed by atoms with E-state index in [1.165, 1.54) is 42.0 Å². The lowest BCUT2D eigenvalue weighted by molar-refractivity contribution is -0.176. The number of cyclic esters (lactones) is 4. The van der Waals surface area contributed by atoms with Crippen molar-refractivity contribution in [3.05, 3.63) is 106 Å². The number of amides is 4. The average Bonchev–Trinajstić information content (AvgIpc) is 2.41. The molecular weight excluding hydrogens is 1100 g/mol. The minimum Gasteiger partial charge on any atom is -0.451 e. The first-order chi connectivity index (χ1) is 40.4. The van der Waals surface area contributed by atoms with Crippen LogP contribution in [-0.2, 0) is 83.2 Å². The molecular formula is C64H86N10O12. The molecule has 5 rings (SSSR count). The van der Waals surface area contributed by atoms with Gasteiger partial charge in [0.2, 0.25) is 0 Å². The number of nitriles is 2. The van der Waals surface area contributed by atoms with Crippen LogP contribution in [-0.4, -0.2) is 163 Å². The lowest BCUT2D eigenvalue weighted by atomic mass is 9.99. The maximum atomic E-state index is 15.1. The summed E-state index contributed by atoms with van der Waals surface area (Å²) in [5.74, 6) is -7.79. The Morgan fingerprint density at radius 1 is 0.430 bits per heavy atom. The van der Waals surface area contributed by atoms with Crippen LogP contribution in [0, 0.1) is 60.2 Å². The molecule has 86 heavy (non-hydrogen) atoms. The van der Waals surface area contributed by atoms with Crippen molar-refractivity contribution in [2.45, 2.75) is 183 Å². The summed E-state index contributed by atoms with van der Waals surface area (Å²) in [6, 6.07) is 13.2. The molecule has 3 heterocycles. The van der Waals surface area contributed by atoms with E-state index in [4.69, 9.17) is 18.9 Å². The molecule has 4 aromatic rings. The average molecular weight is 1190 g/mol. The van der Waals surface area contributed by atoms with Crippen molar-refractivity contribution in [2.75, 3.05) is 28.2 Å². The van der Waals surface area contributed by atoms with Crippen molar-refractivity contribution in [1.29, 1.82) is 10.5 Å². The minimum absolute atomic E-state index is 0.0531. The van der Waals surface area contributed by atoms with E-state index in [0.29, 0.717) is 46.7 Å². The summed E-state index contributed by atoms with van der Waals surface area (Å²) in [7, 11) is 5.48. The molecule has 22 nitrogen and oxygen atoms in total. The molecule has 1 aliphatic heterocycles. The Labute approximate surface area is 505 Å². The van der Waals surface area contributed by atoms with Gasteiger partial charge in [-0.15, -0.1) is 0 Å². The van der Waals surface area contributed by atoms with Gasteiger partial charge in [0.1, 0.15) is 36.3 Å². The summed E-state index contributed by atoms with van der Waals surface area (Å²) in [4.78, 5) is 122. The zero-order valence-corrected chi connectivity index (χ0v) is 52.7. The molecule has 1 saturated heterocycles. The standard InChI is InChI=1S/C64H86N10O12/c1-37(2)25-51-61(79)83-43(11)57(75)69(13)54(28-40(7)8)64(82)86-56(30-46-19-23-48(24-20-46)34-74-36-50(32-66)42(10)68-74)60(78)72(16)52(26-38(3)4)62(80)84-44(12)58(76)70(14)53(27-39(5)6)63(81)85-55(59(77)71(51)15)29-45-17-21-47(22-18-45)33-73-35-49(31-65)41(9)67-73/h17-24,35-40,43-44,51-56H,25-30,33-34H2,1-16H3/t43-,44-,51+,52+,53+,54+,55-,56-/m1/s1. The number of ether oxygens (including phenoxy) is 4. The van der Waals surface area contributed by atoms with Crippen LogP contribution in [0.5, 0.6) is 0 Å². The van der Waals surface area contributed by atoms with Crippen LogP contribution in [0.25, 0.3) is 0 Å². The molecule has 22 heteroatoms. The fourth-order valence-electron chi connectivity index (χ4n) is 10.3. The Balaban J connectivity index is 1.59. The largest absolute Gasteiger partial charge is 0.451 e. The molecule has 0 aliphatic carbocycles. The Hall–Kier alpha value is -8.40. The lowest BCUT2D eigenvalue weighted by Gasteiger charge is -2.35. The smallest absolute Gasteiger partial charge is 0.329 e. The third kappa shape index (κ3) is 18.3. The van der Waals surface area contributed by atoms with Crippen LogP contribution in [0.3, 0.4) is 0 Å². The topological polar surface area (TPSA) is 270 Å². The highest BCUT2D eigenvalue weighted by molar-refractivity contribution is 5.94. The molecule has 8 atom stereocenters. The van der Waals surface area contributed by atoms with Crippen molar-refractivity contribution in [1.82, 2.24) is 39.2 Å². The van der Waals surface area contributed by atoms with Crippen LogP contribution < -0.4 is 0 Å². The fraction of sp³-hybridized carbons (Fsp3) is 0.562. The number of carbonyl (C=O) groups is 8. The lowest BCUT2D eigenvalue weighted by Crippen LogP contribution is -2.55. The summed E-state index contributed by atoms with van der Waals surface area (Å²) in [5.41, 5.74) is 4.80. The van der Waals surface area contributed by atoms with Crippen LogP contribution >= 0.6 is 0 Å². The number of aromatic nitrogens is 4. The van der Waals surface area contributed by atoms with Gasteiger partial charge in [0.15, 0.2) is 24.4 Å². The van der Waals surface area contributed by atoms with Gasteiger partial charge >= 0.3 is 23.9 Å². The second-order valence-electron chi connectivity index (χ2n) is 24.3. The number of likely N-dealkylation sites (N-methyl/N-ethyl adjacent to an activating group) is 4. The van der Waals surface area contributed by atoms with Gasteiger partial charge in [0.25, 0.3) is 23.6 Å². The second-order valence-corrected chi connectivity index (χ2v) is 24.3. The van der Waals surface area contributed by atoms with E-state index in [-0.39, 0.29) is 62.2 Å². The first kappa shape index (κ1) is 68.4. The Morgan fingerprint density at radius 3 is 0.942 bits per heavy atom. The molecule has 2 aromatic heterocycles. The Kier molecular flexibility index (Phi) is 24.3. The number of hydrogen-bond acceptors (Lipinski definition) is 16. The minimum atomic E-state index is -1.58. The summed E-state index contributed by atoms with van der Waals surface area (Å²) in [5, 5.41) is 27.8. The van der Waals surface area contributed by atoms with Gasteiger partial charge in [-0.25, -0.2) is 19.2 Å². The first-order valence-electron chi connectivity index (χ1n) is 29.4. The number of carbonyl (C=O) groups excluding carboxylic acids is 8. The van der Waals surface area contributed by atoms with E-state index in [2.05, 4.69) is 22.3 Å². The van der Waals surface area contributed by atoms with Gasteiger partial charge < -0.3 is 38.5 Å². The highest BCUT2D eigenvalue weighted by Crippen LogP contribution is 2.25. The van der Waals surface area contributed by atoms with Crippen molar-refractivity contribution < 1.29 is 57.3 Å². The quantitative estimate of drug-likeness (QED) is 0.0854. The molecule has 0 saturated carbocycles. The van der Waals surface area contributed by atoms with Gasteiger partial charge in [-0.1, -0.05) is 104 Å². The van der Waals surface area contributed by atoms with E-state index in [1.807, 2.05) is 79.7 Å². The zero-order chi connectivity index (χ0) is 64.0. The molecule has 1 fully saturated rings. The number of aryl methyl sites for hydroxylation is 2. The van der Waals surface area contributed by atoms with Crippen molar-refractivity contribution >= 4 is 47.5 Å². The van der Waals surface area contributed by atoms with Gasteiger partial charge in [-0.05, 0) is 99.3 Å². The van der Waals surface area contributed by atoms with Gasteiger partial charge in [0.05, 0.1) is 35.6 Å². The zero-order valence-electron chi connectivity index (χ0n) is 52.7. The normalized spacial score (nSPS) is 22.3. The maximum Gasteiger partial charge on any atom is 0.329 e. The summed E-state index contributed by atoms with van der Waals surface area (Å²) in [6.07, 6.45) is -3.06. The van der Waals surface area contributed by atoms with Gasteiger partial charge in [0, 0.05) is 53.4 Å². The SMILES string of the molecule is Cc1nn(Cc2ccc(C[C@H]3OC(=O)[C@H](CC(C)C)N(C)C(=O)[C@@H](C)OC(=O)[C@H](CC(C)C)N(C)C(=O)[C@@H](Cc4ccc(Cn5cc(C#N)c(C)n5)cc4)OC(=O)[C@H](CC(C)C)N(C)C(=O)[C@@H](C)OC(=O)[C@H](CC(C)C)N(C)C3=O)cc2)cc1C#N. The van der Waals surface area contributed by atoms with Crippen molar-refractivity contribution in [3.63, 3.8) is 0 Å². The third-order valence-electron chi connectivity index (χ3n) is 15.2. The van der Waals surface area contributed by atoms with Crippen LogP contribution in [0.2, 0.25) is 0 Å². The number of benzene rings is 2. The number of nitrogens with zero attached hydrogens (tertiary/aromatic N) is 10. The van der Waals surface area contributed by atoms with Gasteiger partial charge in [-0.3, -0.25) is 28.5 Å². The third-order valence-corrected chi connectivity index (χ3v) is 15.2. The molecule has 0 bridgehead atoms. The number of rotatable bonds is 16. The highest BCUT2D eigenvalue weighted by atomic mass is 16.6. The molecule has 0 unspecified atom stereocenters. The molecule has 464 valence electrons. The van der Waals surface area contributed by atoms with E-state index in [0.717, 1.165) is 30.7 Å². The predicted octanol–water partition coefficient (Wildman–Crippen LogP) is 6.51. The number of hydrogen-bond donors (Lipinski definition) is 0. The summed E-state index contributed by atoms with van der Waals surface area (Å²) < 4.78 is 27.5. The van der Waals surface area contributed by atoms with Crippen molar-refractivity contribution in [3.8, 4) is 12.1 Å². The monoisotopic (exact) mass is 1190 g/mol. The summed E-state index contributed by atoms with van der Waals surface area (Å²) in [6.45, 7) is 21.5. The summed E-state index contributed by atoms with van der Waals surface area (Å²) >= 11 is 0. The Morgan fingerprint density at radius 2 is 0.686 bits per heavy atom. The molecule has 0 spiro atoms. The molecule has 0 N–H and O–H groups in total. The van der Waals surface area contributed by atoms with E-state index < -0.39 is 96.1 Å². The second kappa shape index (κ2) is 30.6. The van der Waals surface area contributed by atoms with E-state index >= 15 is 9.59 Å². The van der Waals surface area contributed by atoms with Crippen LogP contribution in [0.1, 0.15) is 140 Å². The molecule has 2 aromatic carbocycles. The van der Waals surface area contributed by atoms with E-state index in [9.17, 15) is 39.3 Å². The Bertz CT molecular complexity index is 2910. The number of esters is 4. The molecule has 0 radical (unpaired) electrons. The molecule has 1 aliphatic rings. The van der Waals surface area contributed by atoms with Crippen LogP contribution in [0.4, 0.5) is 0 Å². The first-order valence-corrected chi connectivity index (χ1v) is 29.4. The van der Waals surface area contributed by atoms with Crippen molar-refractivity contribution in [2.24, 2.45) is 23.7 Å². The maximum absolute atomic E-state index is 15.1. The highest BCUT2D eigenvalue weighted by Gasteiger charge is 2.43. The van der Waals surface area contributed by atoms with Crippen LogP contribution in [0.15, 0.2) is 60.9 Å². The fourth-order valence-corrected chi connectivity index (χ4v) is 10.3.